The molecule has 1 heterocycles. The maximum atomic E-state index is 11.8. The fourth-order valence-corrected chi connectivity index (χ4v) is 2.21. The van der Waals surface area contributed by atoms with Gasteiger partial charge in [-0.3, -0.25) is 9.59 Å². The maximum Gasteiger partial charge on any atom is 0.335 e. The number of carbonyl (C=O) groups is 3. The van der Waals surface area contributed by atoms with Gasteiger partial charge in [-0.05, 0) is 24.6 Å². The van der Waals surface area contributed by atoms with Crippen LogP contribution in [0.25, 0.3) is 0 Å². The second-order valence-electron chi connectivity index (χ2n) is 4.47. The fourth-order valence-electron chi connectivity index (χ4n) is 1.98. The summed E-state index contributed by atoms with van der Waals surface area (Å²) in [6, 6.07) is 4.04. The van der Waals surface area contributed by atoms with Gasteiger partial charge in [-0.15, -0.1) is 0 Å². The highest BCUT2D eigenvalue weighted by molar-refractivity contribution is 6.34. The Bertz CT molecular complexity index is 573. The average Bonchev–Trinajstić information content (AvgIpc) is 2.77. The summed E-state index contributed by atoms with van der Waals surface area (Å²) in [5.41, 5.74) is 0.371. The molecule has 1 fully saturated rings. The summed E-state index contributed by atoms with van der Waals surface area (Å²) in [6.45, 7) is 0.563. The molecule has 6 nitrogen and oxygen atoms in total. The second-order valence-corrected chi connectivity index (χ2v) is 4.87. The molecule has 0 saturated carbocycles. The van der Waals surface area contributed by atoms with Crippen molar-refractivity contribution in [2.24, 2.45) is 0 Å². The van der Waals surface area contributed by atoms with Gasteiger partial charge in [0.15, 0.2) is 0 Å². The van der Waals surface area contributed by atoms with E-state index >= 15 is 0 Å². The molecule has 0 aromatic heterocycles. The first kappa shape index (κ1) is 14.3. The van der Waals surface area contributed by atoms with Gasteiger partial charge in [0.1, 0.15) is 0 Å². The Labute approximate surface area is 120 Å². The Hall–Kier alpha value is -2.08. The predicted molar refractivity (Wildman–Crippen MR) is 72.9 cm³/mol. The molecule has 1 saturated heterocycles. The van der Waals surface area contributed by atoms with E-state index in [1.54, 1.807) is 0 Å². The number of carboxylic acids is 1. The molecule has 0 radical (unpaired) electrons. The number of benzene rings is 1. The van der Waals surface area contributed by atoms with Gasteiger partial charge in [0, 0.05) is 13.0 Å². The number of amides is 2. The number of hydrogen-bond donors (Lipinski definition) is 2. The molecule has 1 aromatic rings. The van der Waals surface area contributed by atoms with Crippen LogP contribution in [-0.4, -0.2) is 40.9 Å². The summed E-state index contributed by atoms with van der Waals surface area (Å²) in [6.07, 6.45) is 1.24. The van der Waals surface area contributed by atoms with Crippen molar-refractivity contribution < 1.29 is 19.5 Å². The third-order valence-electron chi connectivity index (χ3n) is 3.00. The molecule has 1 aliphatic rings. The zero-order chi connectivity index (χ0) is 14.7. The van der Waals surface area contributed by atoms with Gasteiger partial charge in [-0.2, -0.15) is 0 Å². The maximum absolute atomic E-state index is 11.8. The quantitative estimate of drug-likeness (QED) is 0.883. The lowest BCUT2D eigenvalue weighted by Gasteiger charge is -2.15. The smallest absolute Gasteiger partial charge is 0.335 e. The lowest BCUT2D eigenvalue weighted by molar-refractivity contribution is -0.131. The molecule has 106 valence electrons. The number of nitrogens with one attached hydrogen (secondary N) is 1. The number of halogens is 1. The number of aromatic carboxylic acids is 1. The largest absolute Gasteiger partial charge is 0.478 e. The number of nitrogens with zero attached hydrogens (tertiary/aromatic N) is 1. The highest BCUT2D eigenvalue weighted by Crippen LogP contribution is 2.23. The molecule has 0 aliphatic carbocycles. The summed E-state index contributed by atoms with van der Waals surface area (Å²) in [5, 5.41) is 11.5. The molecule has 1 aliphatic heterocycles. The van der Waals surface area contributed by atoms with Crippen molar-refractivity contribution in [1.29, 1.82) is 0 Å². The van der Waals surface area contributed by atoms with E-state index in [0.717, 1.165) is 6.42 Å². The van der Waals surface area contributed by atoms with Gasteiger partial charge in [0.05, 0.1) is 22.8 Å². The number of hydrogen-bond acceptors (Lipinski definition) is 3. The standard InChI is InChI=1S/C13H13ClN2O4/c14-9-6-8(13(19)20)3-4-10(9)15-11(17)7-16-5-1-2-12(16)18/h3-4,6H,1-2,5,7H2,(H,15,17)(H,19,20). The topological polar surface area (TPSA) is 86.7 Å². The summed E-state index contributed by atoms with van der Waals surface area (Å²) in [7, 11) is 0. The van der Waals surface area contributed by atoms with Crippen molar-refractivity contribution in [3.05, 3.63) is 28.8 Å². The van der Waals surface area contributed by atoms with Crippen molar-refractivity contribution in [2.45, 2.75) is 12.8 Å². The van der Waals surface area contributed by atoms with Crippen molar-refractivity contribution in [1.82, 2.24) is 4.90 Å². The number of likely N-dealkylation sites (tertiary alicyclic amines) is 1. The highest BCUT2D eigenvalue weighted by Gasteiger charge is 2.22. The van der Waals surface area contributed by atoms with Crippen LogP contribution >= 0.6 is 11.6 Å². The van der Waals surface area contributed by atoms with E-state index in [4.69, 9.17) is 16.7 Å². The SMILES string of the molecule is O=C(CN1CCCC1=O)Nc1ccc(C(=O)O)cc1Cl. The van der Waals surface area contributed by atoms with Crippen molar-refractivity contribution in [2.75, 3.05) is 18.4 Å². The molecule has 2 N–H and O–H groups in total. The van der Waals surface area contributed by atoms with E-state index < -0.39 is 5.97 Å². The number of carboxylic acid groups (broad SMARTS) is 1. The van der Waals surface area contributed by atoms with E-state index in [0.29, 0.717) is 18.7 Å². The lowest BCUT2D eigenvalue weighted by Crippen LogP contribution is -2.34. The van der Waals surface area contributed by atoms with Crippen LogP contribution < -0.4 is 5.32 Å². The van der Waals surface area contributed by atoms with Crippen LogP contribution in [0.1, 0.15) is 23.2 Å². The van der Waals surface area contributed by atoms with E-state index in [-0.39, 0.29) is 28.9 Å². The van der Waals surface area contributed by atoms with Gasteiger partial charge < -0.3 is 15.3 Å². The molecule has 0 spiro atoms. The number of rotatable bonds is 4. The third kappa shape index (κ3) is 3.27. The zero-order valence-electron chi connectivity index (χ0n) is 10.6. The summed E-state index contributed by atoms with van der Waals surface area (Å²) >= 11 is 5.90. The van der Waals surface area contributed by atoms with Crippen LogP contribution in [0.15, 0.2) is 18.2 Å². The Morgan fingerprint density at radius 1 is 1.40 bits per heavy atom. The Balaban J connectivity index is 2.00. The monoisotopic (exact) mass is 296 g/mol. The second kappa shape index (κ2) is 5.92. The first-order valence-electron chi connectivity index (χ1n) is 6.08. The van der Waals surface area contributed by atoms with E-state index in [1.165, 1.54) is 23.1 Å². The van der Waals surface area contributed by atoms with Gasteiger partial charge in [0.25, 0.3) is 0 Å². The Kier molecular flexibility index (Phi) is 4.24. The minimum atomic E-state index is -1.09. The van der Waals surface area contributed by atoms with Crippen LogP contribution in [-0.2, 0) is 9.59 Å². The van der Waals surface area contributed by atoms with E-state index in [1.807, 2.05) is 0 Å². The molecule has 0 atom stereocenters. The van der Waals surface area contributed by atoms with Crippen LogP contribution in [0.2, 0.25) is 5.02 Å². The molecule has 0 unspecified atom stereocenters. The highest BCUT2D eigenvalue weighted by atomic mass is 35.5. The van der Waals surface area contributed by atoms with Crippen molar-refractivity contribution in [3.63, 3.8) is 0 Å². The predicted octanol–water partition coefficient (Wildman–Crippen LogP) is 1.60. The Morgan fingerprint density at radius 3 is 2.70 bits per heavy atom. The van der Waals surface area contributed by atoms with Gasteiger partial charge >= 0.3 is 5.97 Å². The fraction of sp³-hybridized carbons (Fsp3) is 0.308. The van der Waals surface area contributed by atoms with Gasteiger partial charge in [-0.25, -0.2) is 4.79 Å². The summed E-state index contributed by atoms with van der Waals surface area (Å²) in [5.74, 6) is -1.48. The first-order chi connectivity index (χ1) is 9.47. The molecular formula is C13H13ClN2O4. The summed E-state index contributed by atoms with van der Waals surface area (Å²) < 4.78 is 0. The normalized spacial score (nSPS) is 14.4. The number of carbonyl (C=O) groups excluding carboxylic acids is 2. The average molecular weight is 297 g/mol. The molecule has 1 aromatic carbocycles. The van der Waals surface area contributed by atoms with Crippen molar-refractivity contribution in [3.8, 4) is 0 Å². The molecule has 2 rings (SSSR count). The third-order valence-corrected chi connectivity index (χ3v) is 3.31. The van der Waals surface area contributed by atoms with Crippen LogP contribution in [0.4, 0.5) is 5.69 Å². The van der Waals surface area contributed by atoms with Gasteiger partial charge in [0.2, 0.25) is 11.8 Å². The molecule has 7 heteroatoms. The van der Waals surface area contributed by atoms with E-state index in [9.17, 15) is 14.4 Å². The Morgan fingerprint density at radius 2 is 2.15 bits per heavy atom. The molecule has 20 heavy (non-hydrogen) atoms. The van der Waals surface area contributed by atoms with Crippen LogP contribution in [0.3, 0.4) is 0 Å². The van der Waals surface area contributed by atoms with Crippen LogP contribution in [0, 0.1) is 0 Å². The minimum Gasteiger partial charge on any atom is -0.478 e. The zero-order valence-corrected chi connectivity index (χ0v) is 11.3. The molecule has 0 bridgehead atoms. The first-order valence-corrected chi connectivity index (χ1v) is 6.45. The number of anilines is 1. The molecular weight excluding hydrogens is 284 g/mol. The van der Waals surface area contributed by atoms with Crippen molar-refractivity contribution >= 4 is 35.1 Å². The minimum absolute atomic E-state index is 0.0180. The summed E-state index contributed by atoms with van der Waals surface area (Å²) in [4.78, 5) is 35.5. The molecule has 2 amide bonds. The van der Waals surface area contributed by atoms with Crippen LogP contribution in [0.5, 0.6) is 0 Å². The van der Waals surface area contributed by atoms with E-state index in [2.05, 4.69) is 5.32 Å². The van der Waals surface area contributed by atoms with Gasteiger partial charge in [-0.1, -0.05) is 11.6 Å². The lowest BCUT2D eigenvalue weighted by atomic mass is 10.2.